The Balaban J connectivity index is 2.32. The van der Waals surface area contributed by atoms with Crippen molar-refractivity contribution >= 4 is 5.97 Å². The van der Waals surface area contributed by atoms with E-state index in [2.05, 4.69) is 31.0 Å². The van der Waals surface area contributed by atoms with Crippen molar-refractivity contribution in [2.45, 2.75) is 44.8 Å². The van der Waals surface area contributed by atoms with Crippen LogP contribution < -0.4 is 0 Å². The summed E-state index contributed by atoms with van der Waals surface area (Å²) < 4.78 is 5.93. The van der Waals surface area contributed by atoms with Gasteiger partial charge in [-0.05, 0) is 26.0 Å². The van der Waals surface area contributed by atoms with E-state index in [9.17, 15) is 4.79 Å². The van der Waals surface area contributed by atoms with Crippen LogP contribution in [-0.2, 0) is 15.1 Å². The third-order valence-electron chi connectivity index (χ3n) is 4.18. The van der Waals surface area contributed by atoms with E-state index in [-0.39, 0.29) is 12.0 Å². The van der Waals surface area contributed by atoms with Crippen LogP contribution in [0.1, 0.15) is 38.7 Å². The zero-order valence-electron chi connectivity index (χ0n) is 12.1. The summed E-state index contributed by atoms with van der Waals surface area (Å²) in [4.78, 5) is 14.2. The lowest BCUT2D eigenvalue weighted by Gasteiger charge is -2.35. The van der Waals surface area contributed by atoms with Gasteiger partial charge in [0, 0.05) is 19.4 Å². The van der Waals surface area contributed by atoms with Crippen LogP contribution in [0.25, 0.3) is 0 Å². The highest BCUT2D eigenvalue weighted by Gasteiger charge is 2.48. The normalized spacial score (nSPS) is 27.4. The average molecular weight is 261 g/mol. The molecule has 1 fully saturated rings. The first-order chi connectivity index (χ1) is 9.10. The molecule has 0 aliphatic carbocycles. The zero-order chi connectivity index (χ0) is 13.9. The Labute approximate surface area is 115 Å². The van der Waals surface area contributed by atoms with Gasteiger partial charge in [-0.2, -0.15) is 0 Å². The van der Waals surface area contributed by atoms with Crippen molar-refractivity contribution in [3.63, 3.8) is 0 Å². The van der Waals surface area contributed by atoms with Crippen molar-refractivity contribution in [1.82, 2.24) is 4.90 Å². The molecule has 0 aromatic heterocycles. The third-order valence-corrected chi connectivity index (χ3v) is 4.18. The van der Waals surface area contributed by atoms with Crippen molar-refractivity contribution in [1.29, 1.82) is 0 Å². The quantitative estimate of drug-likeness (QED) is 0.780. The molecular weight excluding hydrogens is 238 g/mol. The summed E-state index contributed by atoms with van der Waals surface area (Å²) in [6.07, 6.45) is 2.18. The minimum atomic E-state index is -0.484. The number of hydrogen-bond acceptors (Lipinski definition) is 3. The van der Waals surface area contributed by atoms with Crippen molar-refractivity contribution < 1.29 is 9.53 Å². The molecule has 1 saturated heterocycles. The number of hydrogen-bond donors (Lipinski definition) is 0. The second kappa shape index (κ2) is 5.74. The number of esters is 1. The van der Waals surface area contributed by atoms with Gasteiger partial charge in [0.15, 0.2) is 5.60 Å². The molecule has 0 spiro atoms. The Hall–Kier alpha value is -1.35. The summed E-state index contributed by atoms with van der Waals surface area (Å²) in [7, 11) is 2.09. The second-order valence-corrected chi connectivity index (χ2v) is 5.39. The minimum absolute atomic E-state index is 0.0893. The lowest BCUT2D eigenvalue weighted by atomic mass is 9.87. The van der Waals surface area contributed by atoms with E-state index in [1.807, 2.05) is 25.1 Å². The molecule has 104 valence electrons. The molecule has 2 rings (SSSR count). The Morgan fingerprint density at radius 2 is 2.11 bits per heavy atom. The topological polar surface area (TPSA) is 29.5 Å². The van der Waals surface area contributed by atoms with Gasteiger partial charge >= 0.3 is 5.97 Å². The number of ether oxygens (including phenoxy) is 1. The highest BCUT2D eigenvalue weighted by atomic mass is 16.6. The number of likely N-dealkylation sites (tertiary alicyclic amines) is 1. The van der Waals surface area contributed by atoms with Gasteiger partial charge in [0.1, 0.15) is 0 Å². The fourth-order valence-electron chi connectivity index (χ4n) is 2.86. The predicted molar refractivity (Wildman–Crippen MR) is 75.8 cm³/mol. The van der Waals surface area contributed by atoms with Crippen molar-refractivity contribution in [2.24, 2.45) is 0 Å². The zero-order valence-corrected chi connectivity index (χ0v) is 12.1. The van der Waals surface area contributed by atoms with Crippen LogP contribution in [-0.4, -0.2) is 30.5 Å². The summed E-state index contributed by atoms with van der Waals surface area (Å²) in [6, 6.07) is 10.3. The van der Waals surface area contributed by atoms with E-state index < -0.39 is 5.60 Å². The van der Waals surface area contributed by atoms with Gasteiger partial charge in [-0.25, -0.2) is 0 Å². The van der Waals surface area contributed by atoms with Crippen LogP contribution in [0.3, 0.4) is 0 Å². The lowest BCUT2D eigenvalue weighted by molar-refractivity contribution is -0.163. The van der Waals surface area contributed by atoms with Gasteiger partial charge < -0.3 is 4.74 Å². The Morgan fingerprint density at radius 3 is 2.63 bits per heavy atom. The minimum Gasteiger partial charge on any atom is -0.452 e. The number of rotatable bonds is 4. The van der Waals surface area contributed by atoms with Gasteiger partial charge in [0.25, 0.3) is 0 Å². The van der Waals surface area contributed by atoms with Crippen LogP contribution in [0.15, 0.2) is 30.3 Å². The molecule has 19 heavy (non-hydrogen) atoms. The van der Waals surface area contributed by atoms with Crippen molar-refractivity contribution in [3.05, 3.63) is 35.9 Å². The van der Waals surface area contributed by atoms with E-state index in [0.717, 1.165) is 24.9 Å². The maximum absolute atomic E-state index is 12.0. The van der Waals surface area contributed by atoms with Crippen molar-refractivity contribution in [2.75, 3.05) is 13.6 Å². The predicted octanol–water partition coefficient (Wildman–Crippen LogP) is 2.95. The van der Waals surface area contributed by atoms with Crippen LogP contribution in [0.2, 0.25) is 0 Å². The standard InChI is InChI=1S/C16H23NO2/c1-4-8-15(18)19-16(11-12-17(3)13(16)2)14-9-6-5-7-10-14/h5-7,9-10,13H,4,8,11-12H2,1-3H3/t13-,16+/m0/s1. The average Bonchev–Trinajstić information content (AvgIpc) is 2.70. The molecule has 1 aliphatic heterocycles. The largest absolute Gasteiger partial charge is 0.452 e. The smallest absolute Gasteiger partial charge is 0.306 e. The fraction of sp³-hybridized carbons (Fsp3) is 0.562. The van der Waals surface area contributed by atoms with Gasteiger partial charge in [-0.3, -0.25) is 9.69 Å². The number of likely N-dealkylation sites (N-methyl/N-ethyl adjacent to an activating group) is 1. The number of nitrogens with zero attached hydrogens (tertiary/aromatic N) is 1. The van der Waals surface area contributed by atoms with Crippen LogP contribution in [0.5, 0.6) is 0 Å². The second-order valence-electron chi connectivity index (χ2n) is 5.39. The molecule has 3 heteroatoms. The number of carbonyl (C=O) groups is 1. The first-order valence-corrected chi connectivity index (χ1v) is 7.07. The third kappa shape index (κ3) is 2.66. The summed E-state index contributed by atoms with van der Waals surface area (Å²) >= 11 is 0. The van der Waals surface area contributed by atoms with Crippen molar-refractivity contribution in [3.8, 4) is 0 Å². The Kier molecular flexibility index (Phi) is 4.25. The Bertz CT molecular complexity index is 432. The van der Waals surface area contributed by atoms with Crippen LogP contribution >= 0.6 is 0 Å². The molecule has 1 aromatic carbocycles. The van der Waals surface area contributed by atoms with E-state index in [1.54, 1.807) is 0 Å². The molecule has 0 bridgehead atoms. The van der Waals surface area contributed by atoms with E-state index in [1.165, 1.54) is 0 Å². The highest BCUT2D eigenvalue weighted by Crippen LogP contribution is 2.40. The molecular formula is C16H23NO2. The van der Waals surface area contributed by atoms with Gasteiger partial charge in [0.2, 0.25) is 0 Å². The van der Waals surface area contributed by atoms with E-state index >= 15 is 0 Å². The molecule has 1 aliphatic rings. The summed E-state index contributed by atoms with van der Waals surface area (Å²) in [5.41, 5.74) is 0.624. The van der Waals surface area contributed by atoms with Crippen LogP contribution in [0, 0.1) is 0 Å². The van der Waals surface area contributed by atoms with E-state index in [4.69, 9.17) is 4.74 Å². The first-order valence-electron chi connectivity index (χ1n) is 7.07. The maximum Gasteiger partial charge on any atom is 0.306 e. The summed E-state index contributed by atoms with van der Waals surface area (Å²) in [5.74, 6) is -0.0893. The monoisotopic (exact) mass is 261 g/mol. The highest BCUT2D eigenvalue weighted by molar-refractivity contribution is 5.70. The lowest BCUT2D eigenvalue weighted by Crippen LogP contribution is -2.42. The van der Waals surface area contributed by atoms with E-state index in [0.29, 0.717) is 6.42 Å². The molecule has 1 heterocycles. The fourth-order valence-corrected chi connectivity index (χ4v) is 2.86. The molecule has 0 saturated carbocycles. The molecule has 1 aromatic rings. The van der Waals surface area contributed by atoms with Gasteiger partial charge in [-0.15, -0.1) is 0 Å². The number of carbonyl (C=O) groups excluding carboxylic acids is 1. The summed E-state index contributed by atoms with van der Waals surface area (Å²) in [6.45, 7) is 5.09. The van der Waals surface area contributed by atoms with Gasteiger partial charge in [-0.1, -0.05) is 37.3 Å². The number of benzene rings is 1. The molecule has 2 atom stereocenters. The SMILES string of the molecule is CCCC(=O)O[C@]1(c2ccccc2)CCN(C)[C@H]1C. The Morgan fingerprint density at radius 1 is 1.42 bits per heavy atom. The molecule has 0 amide bonds. The van der Waals surface area contributed by atoms with Gasteiger partial charge in [0.05, 0.1) is 6.04 Å². The first kappa shape index (κ1) is 14.1. The molecule has 0 unspecified atom stereocenters. The van der Waals surface area contributed by atoms with Crippen LogP contribution in [0.4, 0.5) is 0 Å². The molecule has 0 N–H and O–H groups in total. The molecule has 3 nitrogen and oxygen atoms in total. The maximum atomic E-state index is 12.0. The summed E-state index contributed by atoms with van der Waals surface area (Å²) in [5, 5.41) is 0. The molecule has 0 radical (unpaired) electrons.